The second kappa shape index (κ2) is 5.28. The molecule has 1 aliphatic rings. The average Bonchev–Trinajstić information content (AvgIpc) is 3.17. The van der Waals surface area contributed by atoms with Gasteiger partial charge < -0.3 is 10.1 Å². The number of amides is 1. The standard InChI is InChI=1S/C13H14N4O3/c18-12(14-9-5-6-9)8-20-13(19)7-17-11-4-2-1-3-10(11)15-16-17/h1-4,9H,5-8H2,(H,14,18). The minimum Gasteiger partial charge on any atom is -0.454 e. The topological polar surface area (TPSA) is 86.1 Å². The van der Waals surface area contributed by atoms with Gasteiger partial charge in [-0.05, 0) is 25.0 Å². The lowest BCUT2D eigenvalue weighted by molar-refractivity contribution is -0.149. The molecule has 20 heavy (non-hydrogen) atoms. The molecule has 0 bridgehead atoms. The molecule has 0 aliphatic heterocycles. The fourth-order valence-corrected chi connectivity index (χ4v) is 1.85. The van der Waals surface area contributed by atoms with Gasteiger partial charge in [0, 0.05) is 6.04 Å². The van der Waals surface area contributed by atoms with Gasteiger partial charge in [0.25, 0.3) is 5.91 Å². The summed E-state index contributed by atoms with van der Waals surface area (Å²) in [5, 5.41) is 10.6. The van der Waals surface area contributed by atoms with Crippen LogP contribution in [-0.2, 0) is 20.9 Å². The second-order valence-corrected chi connectivity index (χ2v) is 4.74. The number of carbonyl (C=O) groups excluding carboxylic acids is 2. The van der Waals surface area contributed by atoms with Crippen LogP contribution in [0.15, 0.2) is 24.3 Å². The highest BCUT2D eigenvalue weighted by molar-refractivity contribution is 5.81. The number of nitrogens with zero attached hydrogens (tertiary/aromatic N) is 3. The van der Waals surface area contributed by atoms with E-state index in [1.807, 2.05) is 24.3 Å². The molecule has 3 rings (SSSR count). The summed E-state index contributed by atoms with van der Waals surface area (Å²) >= 11 is 0. The summed E-state index contributed by atoms with van der Waals surface area (Å²) in [6, 6.07) is 7.59. The Morgan fingerprint density at radius 2 is 2.15 bits per heavy atom. The van der Waals surface area contributed by atoms with Gasteiger partial charge in [0.1, 0.15) is 12.1 Å². The predicted octanol–water partition coefficient (Wildman–Crippen LogP) is 0.253. The fraction of sp³-hybridized carbons (Fsp3) is 0.385. The molecule has 7 nitrogen and oxygen atoms in total. The molecule has 1 aliphatic carbocycles. The Hall–Kier alpha value is -2.44. The Bertz CT molecular complexity index is 648. The number of esters is 1. The van der Waals surface area contributed by atoms with E-state index >= 15 is 0 Å². The van der Waals surface area contributed by atoms with Crippen LogP contribution in [0, 0.1) is 0 Å². The number of rotatable bonds is 5. The number of hydrogen-bond donors (Lipinski definition) is 1. The van der Waals surface area contributed by atoms with Crippen LogP contribution in [0.1, 0.15) is 12.8 Å². The quantitative estimate of drug-likeness (QED) is 0.790. The van der Waals surface area contributed by atoms with Gasteiger partial charge in [-0.2, -0.15) is 0 Å². The van der Waals surface area contributed by atoms with Crippen molar-refractivity contribution >= 4 is 22.9 Å². The first-order chi connectivity index (χ1) is 9.72. The molecule has 1 fully saturated rings. The lowest BCUT2D eigenvalue weighted by atomic mass is 10.3. The van der Waals surface area contributed by atoms with Crippen molar-refractivity contribution in [1.82, 2.24) is 20.3 Å². The van der Waals surface area contributed by atoms with Gasteiger partial charge >= 0.3 is 5.97 Å². The highest BCUT2D eigenvalue weighted by atomic mass is 16.5. The molecule has 104 valence electrons. The van der Waals surface area contributed by atoms with Crippen molar-refractivity contribution in [3.05, 3.63) is 24.3 Å². The van der Waals surface area contributed by atoms with Crippen LogP contribution in [-0.4, -0.2) is 39.5 Å². The second-order valence-electron chi connectivity index (χ2n) is 4.74. The predicted molar refractivity (Wildman–Crippen MR) is 69.7 cm³/mol. The summed E-state index contributed by atoms with van der Waals surface area (Å²) in [4.78, 5) is 23.1. The van der Waals surface area contributed by atoms with Gasteiger partial charge in [-0.3, -0.25) is 9.59 Å². The summed E-state index contributed by atoms with van der Waals surface area (Å²) in [5.74, 6) is -0.768. The van der Waals surface area contributed by atoms with E-state index in [-0.39, 0.29) is 25.1 Å². The Balaban J connectivity index is 1.54. The van der Waals surface area contributed by atoms with Crippen LogP contribution in [0.5, 0.6) is 0 Å². The minimum absolute atomic E-state index is 0.0583. The molecule has 1 aromatic carbocycles. The van der Waals surface area contributed by atoms with Crippen molar-refractivity contribution in [2.75, 3.05) is 6.61 Å². The molecule has 1 N–H and O–H groups in total. The molecule has 7 heteroatoms. The summed E-state index contributed by atoms with van der Waals surface area (Å²) in [6.07, 6.45) is 2.01. The van der Waals surface area contributed by atoms with Gasteiger partial charge in [-0.25, -0.2) is 4.68 Å². The van der Waals surface area contributed by atoms with Crippen LogP contribution in [0.3, 0.4) is 0 Å². The van der Waals surface area contributed by atoms with E-state index in [9.17, 15) is 9.59 Å². The van der Waals surface area contributed by atoms with Crippen molar-refractivity contribution in [1.29, 1.82) is 0 Å². The molecular formula is C13H14N4O3. The maximum absolute atomic E-state index is 11.7. The molecular weight excluding hydrogens is 260 g/mol. The van der Waals surface area contributed by atoms with Crippen molar-refractivity contribution < 1.29 is 14.3 Å². The van der Waals surface area contributed by atoms with Crippen LogP contribution >= 0.6 is 0 Å². The Morgan fingerprint density at radius 3 is 2.95 bits per heavy atom. The Kier molecular flexibility index (Phi) is 3.32. The first-order valence-corrected chi connectivity index (χ1v) is 6.45. The van der Waals surface area contributed by atoms with E-state index in [2.05, 4.69) is 15.6 Å². The molecule has 0 saturated heterocycles. The smallest absolute Gasteiger partial charge is 0.328 e. The molecule has 1 heterocycles. The molecule has 2 aromatic rings. The van der Waals surface area contributed by atoms with E-state index in [4.69, 9.17) is 4.74 Å². The normalized spacial score (nSPS) is 14.2. The van der Waals surface area contributed by atoms with Gasteiger partial charge in [0.05, 0.1) is 5.52 Å². The number of para-hydroxylation sites is 1. The monoisotopic (exact) mass is 274 g/mol. The van der Waals surface area contributed by atoms with Gasteiger partial charge in [0.15, 0.2) is 6.61 Å². The van der Waals surface area contributed by atoms with E-state index in [1.54, 1.807) is 0 Å². The lowest BCUT2D eigenvalue weighted by Crippen LogP contribution is -2.31. The minimum atomic E-state index is -0.508. The number of hydrogen-bond acceptors (Lipinski definition) is 5. The highest BCUT2D eigenvalue weighted by Crippen LogP contribution is 2.18. The Labute approximate surface area is 114 Å². The van der Waals surface area contributed by atoms with E-state index < -0.39 is 5.97 Å². The molecule has 1 aromatic heterocycles. The number of ether oxygens (including phenoxy) is 1. The zero-order valence-corrected chi connectivity index (χ0v) is 10.8. The molecule has 1 saturated carbocycles. The molecule has 0 atom stereocenters. The summed E-state index contributed by atoms with van der Waals surface area (Å²) < 4.78 is 6.37. The molecule has 0 unspecified atom stereocenters. The number of fused-ring (bicyclic) bond motifs is 1. The van der Waals surface area contributed by atoms with Gasteiger partial charge in [0.2, 0.25) is 0 Å². The first kappa shape index (κ1) is 12.6. The van der Waals surface area contributed by atoms with Crippen molar-refractivity contribution in [3.63, 3.8) is 0 Å². The van der Waals surface area contributed by atoms with Gasteiger partial charge in [-0.1, -0.05) is 17.3 Å². The summed E-state index contributed by atoms with van der Waals surface area (Å²) in [7, 11) is 0. The van der Waals surface area contributed by atoms with Crippen molar-refractivity contribution in [2.45, 2.75) is 25.4 Å². The van der Waals surface area contributed by atoms with Crippen LogP contribution in [0.4, 0.5) is 0 Å². The number of carbonyl (C=O) groups is 2. The van der Waals surface area contributed by atoms with Crippen LogP contribution in [0.2, 0.25) is 0 Å². The third-order valence-corrected chi connectivity index (χ3v) is 3.01. The number of aromatic nitrogens is 3. The molecule has 1 amide bonds. The van der Waals surface area contributed by atoms with E-state index in [0.29, 0.717) is 5.52 Å². The zero-order valence-electron chi connectivity index (χ0n) is 10.8. The zero-order chi connectivity index (χ0) is 13.9. The number of nitrogens with one attached hydrogen (secondary N) is 1. The maximum atomic E-state index is 11.7. The van der Waals surface area contributed by atoms with Gasteiger partial charge in [-0.15, -0.1) is 5.10 Å². The molecule has 0 radical (unpaired) electrons. The SMILES string of the molecule is O=C(COC(=O)Cn1nnc2ccccc21)NC1CC1. The fourth-order valence-electron chi connectivity index (χ4n) is 1.85. The third kappa shape index (κ3) is 2.93. The van der Waals surface area contributed by atoms with Crippen LogP contribution in [0.25, 0.3) is 11.0 Å². The molecule has 0 spiro atoms. The largest absolute Gasteiger partial charge is 0.454 e. The first-order valence-electron chi connectivity index (χ1n) is 6.45. The maximum Gasteiger partial charge on any atom is 0.328 e. The third-order valence-electron chi connectivity index (χ3n) is 3.01. The van der Waals surface area contributed by atoms with Crippen molar-refractivity contribution in [3.8, 4) is 0 Å². The Morgan fingerprint density at radius 1 is 1.35 bits per heavy atom. The average molecular weight is 274 g/mol. The van der Waals surface area contributed by atoms with Crippen molar-refractivity contribution in [2.24, 2.45) is 0 Å². The van der Waals surface area contributed by atoms with E-state index in [0.717, 1.165) is 18.4 Å². The van der Waals surface area contributed by atoms with E-state index in [1.165, 1.54) is 4.68 Å². The summed E-state index contributed by atoms with van der Waals surface area (Å²) in [6.45, 7) is -0.306. The van der Waals surface area contributed by atoms with Crippen LogP contribution < -0.4 is 5.32 Å². The lowest BCUT2D eigenvalue weighted by Gasteiger charge is -2.05. The number of benzene rings is 1. The summed E-state index contributed by atoms with van der Waals surface area (Å²) in [5.41, 5.74) is 1.47. The highest BCUT2D eigenvalue weighted by Gasteiger charge is 2.23.